The number of benzene rings is 2. The molecule has 0 saturated carbocycles. The molecule has 0 bridgehead atoms. The third kappa shape index (κ3) is 1.10. The summed E-state index contributed by atoms with van der Waals surface area (Å²) in [6.45, 7) is 4.23. The van der Waals surface area contributed by atoms with E-state index in [-0.39, 0.29) is 0 Å². The first-order chi connectivity index (χ1) is 7.29. The van der Waals surface area contributed by atoms with Crippen molar-refractivity contribution in [3.63, 3.8) is 0 Å². The maximum absolute atomic E-state index is 4.36. The van der Waals surface area contributed by atoms with Crippen molar-refractivity contribution >= 4 is 33.5 Å². The van der Waals surface area contributed by atoms with Gasteiger partial charge in [0, 0.05) is 0 Å². The normalized spacial score (nSPS) is 11.3. The SMILES string of the molecule is Cc1c2ccccc2c(C)c2nsnc12. The molecule has 3 heteroatoms. The van der Waals surface area contributed by atoms with Crippen molar-refractivity contribution in [3.8, 4) is 0 Å². The fourth-order valence-electron chi connectivity index (χ4n) is 2.07. The van der Waals surface area contributed by atoms with Crippen LogP contribution in [-0.4, -0.2) is 8.75 Å². The van der Waals surface area contributed by atoms with Gasteiger partial charge >= 0.3 is 0 Å². The van der Waals surface area contributed by atoms with Crippen LogP contribution in [0.1, 0.15) is 11.1 Å². The van der Waals surface area contributed by atoms with Crippen LogP contribution in [0.4, 0.5) is 0 Å². The van der Waals surface area contributed by atoms with E-state index in [9.17, 15) is 0 Å². The minimum absolute atomic E-state index is 1.05. The van der Waals surface area contributed by atoms with Crippen molar-refractivity contribution in [1.82, 2.24) is 8.75 Å². The molecular weight excluding hydrogens is 204 g/mol. The van der Waals surface area contributed by atoms with Gasteiger partial charge in [-0.15, -0.1) is 0 Å². The van der Waals surface area contributed by atoms with E-state index in [1.54, 1.807) is 0 Å². The number of nitrogens with zero attached hydrogens (tertiary/aromatic N) is 2. The van der Waals surface area contributed by atoms with Gasteiger partial charge in [-0.3, -0.25) is 0 Å². The zero-order valence-electron chi connectivity index (χ0n) is 8.61. The number of hydrogen-bond acceptors (Lipinski definition) is 3. The Hall–Kier alpha value is -1.48. The van der Waals surface area contributed by atoms with Crippen molar-refractivity contribution in [2.24, 2.45) is 0 Å². The van der Waals surface area contributed by atoms with E-state index in [1.165, 1.54) is 33.6 Å². The number of fused-ring (bicyclic) bond motifs is 2. The molecule has 0 aliphatic carbocycles. The van der Waals surface area contributed by atoms with Crippen LogP contribution in [0.2, 0.25) is 0 Å². The Morgan fingerprint density at radius 2 is 1.33 bits per heavy atom. The summed E-state index contributed by atoms with van der Waals surface area (Å²) in [7, 11) is 0. The number of aromatic nitrogens is 2. The van der Waals surface area contributed by atoms with Crippen molar-refractivity contribution in [2.45, 2.75) is 13.8 Å². The molecular formula is C12H10N2S. The van der Waals surface area contributed by atoms with E-state index < -0.39 is 0 Å². The van der Waals surface area contributed by atoms with Gasteiger partial charge in [-0.05, 0) is 35.7 Å². The zero-order chi connectivity index (χ0) is 10.4. The van der Waals surface area contributed by atoms with Gasteiger partial charge in [-0.2, -0.15) is 8.75 Å². The number of hydrogen-bond donors (Lipinski definition) is 0. The monoisotopic (exact) mass is 214 g/mol. The quantitative estimate of drug-likeness (QED) is 0.572. The largest absolute Gasteiger partial charge is 0.173 e. The topological polar surface area (TPSA) is 25.8 Å². The second-order valence-electron chi connectivity index (χ2n) is 3.76. The first kappa shape index (κ1) is 8.80. The molecule has 2 nitrogen and oxygen atoms in total. The minimum atomic E-state index is 1.05. The lowest BCUT2D eigenvalue weighted by molar-refractivity contribution is 1.48. The highest BCUT2D eigenvalue weighted by atomic mass is 32.1. The van der Waals surface area contributed by atoms with E-state index >= 15 is 0 Å². The molecule has 0 aliphatic heterocycles. The first-order valence-corrected chi connectivity index (χ1v) is 5.62. The lowest BCUT2D eigenvalue weighted by atomic mass is 9.99. The Morgan fingerprint density at radius 3 is 1.80 bits per heavy atom. The maximum Gasteiger partial charge on any atom is 0.108 e. The van der Waals surface area contributed by atoms with Gasteiger partial charge in [0.05, 0.1) is 11.7 Å². The van der Waals surface area contributed by atoms with Crippen LogP contribution in [0.15, 0.2) is 24.3 Å². The van der Waals surface area contributed by atoms with E-state index in [1.807, 2.05) is 0 Å². The molecule has 0 spiro atoms. The van der Waals surface area contributed by atoms with Gasteiger partial charge in [0.25, 0.3) is 0 Å². The molecule has 1 heterocycles. The molecule has 1 aromatic heterocycles. The molecule has 3 rings (SSSR count). The Bertz CT molecular complexity index is 600. The number of rotatable bonds is 0. The highest BCUT2D eigenvalue weighted by molar-refractivity contribution is 7.00. The van der Waals surface area contributed by atoms with Crippen molar-refractivity contribution in [2.75, 3.05) is 0 Å². The predicted molar refractivity (Wildman–Crippen MR) is 64.4 cm³/mol. The van der Waals surface area contributed by atoms with Crippen molar-refractivity contribution in [3.05, 3.63) is 35.4 Å². The molecule has 0 aliphatic rings. The Kier molecular flexibility index (Phi) is 1.76. The lowest BCUT2D eigenvalue weighted by Gasteiger charge is -2.05. The lowest BCUT2D eigenvalue weighted by Crippen LogP contribution is -1.86. The smallest absolute Gasteiger partial charge is 0.108 e. The standard InChI is InChI=1S/C12H10N2S/c1-7-9-5-3-4-6-10(9)8(2)12-11(7)13-15-14-12/h3-6H,1-2H3. The van der Waals surface area contributed by atoms with Gasteiger partial charge in [-0.1, -0.05) is 24.3 Å². The molecule has 2 aromatic carbocycles. The number of aryl methyl sites for hydroxylation is 2. The van der Waals surface area contributed by atoms with Crippen LogP contribution in [0.25, 0.3) is 21.8 Å². The van der Waals surface area contributed by atoms with Gasteiger partial charge in [0.1, 0.15) is 11.0 Å². The Labute approximate surface area is 91.9 Å². The van der Waals surface area contributed by atoms with E-state index in [0.29, 0.717) is 0 Å². The average Bonchev–Trinajstić information content (AvgIpc) is 2.75. The second kappa shape index (κ2) is 3.00. The summed E-state index contributed by atoms with van der Waals surface area (Å²) in [6, 6.07) is 8.44. The van der Waals surface area contributed by atoms with E-state index in [2.05, 4.69) is 46.9 Å². The molecule has 0 unspecified atom stereocenters. The van der Waals surface area contributed by atoms with Gasteiger partial charge < -0.3 is 0 Å². The summed E-state index contributed by atoms with van der Waals surface area (Å²) in [4.78, 5) is 0. The minimum Gasteiger partial charge on any atom is -0.173 e. The molecule has 15 heavy (non-hydrogen) atoms. The van der Waals surface area contributed by atoms with Crippen molar-refractivity contribution < 1.29 is 0 Å². The summed E-state index contributed by atoms with van der Waals surface area (Å²) in [5.41, 5.74) is 4.58. The summed E-state index contributed by atoms with van der Waals surface area (Å²) >= 11 is 1.29. The molecule has 0 fully saturated rings. The summed E-state index contributed by atoms with van der Waals surface area (Å²) in [5, 5.41) is 2.57. The van der Waals surface area contributed by atoms with Gasteiger partial charge in [0.2, 0.25) is 0 Å². The molecule has 0 radical (unpaired) electrons. The summed E-state index contributed by atoms with van der Waals surface area (Å²) in [6.07, 6.45) is 0. The Morgan fingerprint density at radius 1 is 0.867 bits per heavy atom. The fraction of sp³-hybridized carbons (Fsp3) is 0.167. The molecule has 0 amide bonds. The van der Waals surface area contributed by atoms with Crippen LogP contribution < -0.4 is 0 Å². The van der Waals surface area contributed by atoms with Gasteiger partial charge in [-0.25, -0.2) is 0 Å². The summed E-state index contributed by atoms with van der Waals surface area (Å²) in [5.74, 6) is 0. The van der Waals surface area contributed by atoms with Crippen LogP contribution in [0.3, 0.4) is 0 Å². The zero-order valence-corrected chi connectivity index (χ0v) is 9.43. The molecule has 0 N–H and O–H groups in total. The van der Waals surface area contributed by atoms with Crippen LogP contribution in [0.5, 0.6) is 0 Å². The highest BCUT2D eigenvalue weighted by Crippen LogP contribution is 2.30. The third-order valence-electron chi connectivity index (χ3n) is 2.93. The van der Waals surface area contributed by atoms with E-state index in [4.69, 9.17) is 0 Å². The van der Waals surface area contributed by atoms with Crippen molar-refractivity contribution in [1.29, 1.82) is 0 Å². The molecule has 0 atom stereocenters. The third-order valence-corrected chi connectivity index (χ3v) is 3.46. The fourth-order valence-corrected chi connectivity index (χ4v) is 2.72. The van der Waals surface area contributed by atoms with Crippen LogP contribution in [-0.2, 0) is 0 Å². The molecule has 3 aromatic rings. The van der Waals surface area contributed by atoms with Crippen LogP contribution >= 0.6 is 11.7 Å². The second-order valence-corrected chi connectivity index (χ2v) is 4.29. The summed E-state index contributed by atoms with van der Waals surface area (Å²) < 4.78 is 8.72. The highest BCUT2D eigenvalue weighted by Gasteiger charge is 2.10. The van der Waals surface area contributed by atoms with Gasteiger partial charge in [0.15, 0.2) is 0 Å². The maximum atomic E-state index is 4.36. The Balaban J connectivity index is 2.69. The first-order valence-electron chi connectivity index (χ1n) is 4.89. The predicted octanol–water partition coefficient (Wildman–Crippen LogP) is 3.46. The average molecular weight is 214 g/mol. The van der Waals surface area contributed by atoms with E-state index in [0.717, 1.165) is 11.0 Å². The molecule has 74 valence electrons. The van der Waals surface area contributed by atoms with Crippen LogP contribution in [0, 0.1) is 13.8 Å². The molecule has 0 saturated heterocycles.